The molecule has 0 unspecified atom stereocenters. The van der Waals surface area contributed by atoms with Gasteiger partial charge in [-0.3, -0.25) is 0 Å². The van der Waals surface area contributed by atoms with E-state index in [0.29, 0.717) is 23.0 Å². The summed E-state index contributed by atoms with van der Waals surface area (Å²) in [4.78, 5) is 8.55. The van der Waals surface area contributed by atoms with Crippen LogP contribution in [0, 0.1) is 0 Å². The van der Waals surface area contributed by atoms with Gasteiger partial charge in [0.2, 0.25) is 5.88 Å². The van der Waals surface area contributed by atoms with Gasteiger partial charge >= 0.3 is 0 Å². The first-order valence-corrected chi connectivity index (χ1v) is 9.63. The molecule has 2 aliphatic rings. The summed E-state index contributed by atoms with van der Waals surface area (Å²) in [5.74, 6) is 1.70. The molecule has 148 valence electrons. The third-order valence-electron chi connectivity index (χ3n) is 4.83. The monoisotopic (exact) mass is 383 g/mol. The van der Waals surface area contributed by atoms with E-state index in [1.165, 1.54) is 0 Å². The van der Waals surface area contributed by atoms with Gasteiger partial charge in [0.25, 0.3) is 0 Å². The Balaban J connectivity index is 1.65. The van der Waals surface area contributed by atoms with Gasteiger partial charge in [-0.25, -0.2) is 9.98 Å². The molecule has 2 N–H and O–H groups in total. The Kier molecular flexibility index (Phi) is 5.45. The Morgan fingerprint density at radius 2 is 2.18 bits per heavy atom. The van der Waals surface area contributed by atoms with Crippen LogP contribution in [0.3, 0.4) is 0 Å². The van der Waals surface area contributed by atoms with Crippen molar-refractivity contribution >= 4 is 29.6 Å². The molecule has 1 fully saturated rings. The minimum atomic E-state index is 0.0481. The Morgan fingerprint density at radius 3 is 2.96 bits per heavy atom. The van der Waals surface area contributed by atoms with Crippen molar-refractivity contribution in [3.63, 3.8) is 0 Å². The minimum absolute atomic E-state index is 0.0481. The van der Waals surface area contributed by atoms with Crippen molar-refractivity contribution in [1.82, 2.24) is 4.98 Å². The molecule has 0 aromatic carbocycles. The van der Waals surface area contributed by atoms with Crippen LogP contribution >= 0.6 is 0 Å². The number of furan rings is 1. The van der Waals surface area contributed by atoms with E-state index in [-0.39, 0.29) is 24.5 Å². The Hall–Kier alpha value is -2.64. The van der Waals surface area contributed by atoms with Gasteiger partial charge in [-0.1, -0.05) is 0 Å². The standard InChI is InChI=1S/C21H25N3O4/c1-13(2)27-12-17-19(25)18(28-21(17)24-15-5-8-26-9-6-15)10-14-11-23-20-16(14)4-3-7-22-20/h3-4,7,10-11,13,15,24-25H,5-6,8-9,12H2,1-2H3. The Bertz CT molecular complexity index is 895. The Morgan fingerprint density at radius 1 is 1.36 bits per heavy atom. The van der Waals surface area contributed by atoms with Gasteiger partial charge in [0, 0.05) is 42.8 Å². The van der Waals surface area contributed by atoms with Gasteiger partial charge < -0.3 is 24.3 Å². The van der Waals surface area contributed by atoms with Crippen LogP contribution in [0.2, 0.25) is 0 Å². The van der Waals surface area contributed by atoms with Crippen molar-refractivity contribution in [3.8, 4) is 5.75 Å². The predicted octanol–water partition coefficient (Wildman–Crippen LogP) is 4.15. The lowest BCUT2D eigenvalue weighted by Gasteiger charge is -2.23. The number of ether oxygens (including phenoxy) is 2. The van der Waals surface area contributed by atoms with E-state index in [1.54, 1.807) is 18.5 Å². The zero-order valence-corrected chi connectivity index (χ0v) is 16.1. The zero-order chi connectivity index (χ0) is 19.5. The average Bonchev–Trinajstić information content (AvgIpc) is 3.23. The first-order chi connectivity index (χ1) is 13.6. The van der Waals surface area contributed by atoms with E-state index in [2.05, 4.69) is 15.3 Å². The Labute approximate surface area is 164 Å². The van der Waals surface area contributed by atoms with Crippen molar-refractivity contribution in [1.29, 1.82) is 0 Å². The smallest absolute Gasteiger partial charge is 0.203 e. The highest BCUT2D eigenvalue weighted by atomic mass is 16.5. The molecule has 4 heterocycles. The van der Waals surface area contributed by atoms with Gasteiger partial charge in [0.1, 0.15) is 0 Å². The number of rotatable bonds is 6. The lowest BCUT2D eigenvalue weighted by Crippen LogP contribution is -2.28. The number of hydrogen-bond acceptors (Lipinski definition) is 7. The van der Waals surface area contributed by atoms with Crippen LogP contribution in [0.4, 0.5) is 11.7 Å². The highest BCUT2D eigenvalue weighted by Gasteiger charge is 2.24. The number of pyridine rings is 1. The lowest BCUT2D eigenvalue weighted by atomic mass is 10.1. The highest BCUT2D eigenvalue weighted by Crippen LogP contribution is 2.39. The number of allylic oxidation sites excluding steroid dienone is 1. The maximum atomic E-state index is 10.8. The van der Waals surface area contributed by atoms with E-state index in [4.69, 9.17) is 13.9 Å². The molecule has 0 aliphatic carbocycles. The van der Waals surface area contributed by atoms with E-state index in [1.807, 2.05) is 26.0 Å². The molecule has 0 saturated carbocycles. The van der Waals surface area contributed by atoms with Crippen LogP contribution in [-0.4, -0.2) is 41.7 Å². The van der Waals surface area contributed by atoms with Crippen molar-refractivity contribution in [2.75, 3.05) is 18.5 Å². The van der Waals surface area contributed by atoms with Gasteiger partial charge in [-0.15, -0.1) is 0 Å². The fourth-order valence-corrected chi connectivity index (χ4v) is 3.28. The van der Waals surface area contributed by atoms with Crippen molar-refractivity contribution in [2.24, 2.45) is 4.99 Å². The minimum Gasteiger partial charge on any atom is -0.504 e. The largest absolute Gasteiger partial charge is 0.504 e. The molecule has 0 spiro atoms. The summed E-state index contributed by atoms with van der Waals surface area (Å²) >= 11 is 0. The van der Waals surface area contributed by atoms with Gasteiger partial charge in [0.05, 0.1) is 18.3 Å². The second kappa shape index (κ2) is 8.16. The molecular weight excluding hydrogens is 358 g/mol. The number of aliphatic imine (C=N–C) groups is 1. The molecule has 28 heavy (non-hydrogen) atoms. The molecule has 2 aromatic rings. The molecule has 0 bridgehead atoms. The van der Waals surface area contributed by atoms with Crippen LogP contribution in [0.25, 0.3) is 11.6 Å². The summed E-state index contributed by atoms with van der Waals surface area (Å²) in [6.07, 6.45) is 7.07. The molecule has 2 aromatic heterocycles. The number of nitrogens with one attached hydrogen (secondary N) is 1. The number of aromatic nitrogens is 1. The SMILES string of the molecule is CC(C)OCc1c(NC2CCOCC2)oc(C=C2C=Nc3ncccc32)c1O. The third-order valence-corrected chi connectivity index (χ3v) is 4.83. The van der Waals surface area contributed by atoms with Crippen LogP contribution in [0.1, 0.15) is 43.6 Å². The molecule has 4 rings (SSSR count). The lowest BCUT2D eigenvalue weighted by molar-refractivity contribution is 0.0646. The number of fused-ring (bicyclic) bond motifs is 1. The normalized spacial score (nSPS) is 18.2. The first-order valence-electron chi connectivity index (χ1n) is 9.63. The van der Waals surface area contributed by atoms with Gasteiger partial charge in [-0.05, 0) is 44.9 Å². The summed E-state index contributed by atoms with van der Waals surface area (Å²) in [5.41, 5.74) is 2.40. The van der Waals surface area contributed by atoms with Crippen LogP contribution in [0.15, 0.2) is 27.7 Å². The van der Waals surface area contributed by atoms with Gasteiger partial charge in [-0.2, -0.15) is 0 Å². The molecule has 7 nitrogen and oxygen atoms in total. The van der Waals surface area contributed by atoms with E-state index in [9.17, 15) is 5.11 Å². The fourth-order valence-electron chi connectivity index (χ4n) is 3.28. The van der Waals surface area contributed by atoms with Crippen LogP contribution in [-0.2, 0) is 16.1 Å². The summed E-state index contributed by atoms with van der Waals surface area (Å²) in [7, 11) is 0. The molecule has 0 radical (unpaired) electrons. The second-order valence-electron chi connectivity index (χ2n) is 7.25. The topological polar surface area (TPSA) is 89.1 Å². The first kappa shape index (κ1) is 18.7. The molecule has 0 amide bonds. The maximum Gasteiger partial charge on any atom is 0.203 e. The highest BCUT2D eigenvalue weighted by molar-refractivity contribution is 6.20. The fraction of sp³-hybridized carbons (Fsp3) is 0.429. The summed E-state index contributed by atoms with van der Waals surface area (Å²) in [6.45, 7) is 5.64. The van der Waals surface area contributed by atoms with Crippen molar-refractivity contribution in [3.05, 3.63) is 35.2 Å². The molecular formula is C21H25N3O4. The summed E-state index contributed by atoms with van der Waals surface area (Å²) in [5, 5.41) is 14.2. The molecule has 0 atom stereocenters. The van der Waals surface area contributed by atoms with Crippen molar-refractivity contribution < 1.29 is 19.0 Å². The molecule has 1 saturated heterocycles. The maximum absolute atomic E-state index is 10.8. The zero-order valence-electron chi connectivity index (χ0n) is 16.1. The number of aromatic hydroxyl groups is 1. The van der Waals surface area contributed by atoms with E-state index in [0.717, 1.165) is 37.2 Å². The average molecular weight is 383 g/mol. The number of hydrogen-bond donors (Lipinski definition) is 2. The molecule has 7 heteroatoms. The van der Waals surface area contributed by atoms with Gasteiger partial charge in [0.15, 0.2) is 17.3 Å². The van der Waals surface area contributed by atoms with E-state index < -0.39 is 0 Å². The molecule has 2 aliphatic heterocycles. The van der Waals surface area contributed by atoms with Crippen LogP contribution in [0.5, 0.6) is 5.75 Å². The predicted molar refractivity (Wildman–Crippen MR) is 108 cm³/mol. The second-order valence-corrected chi connectivity index (χ2v) is 7.25. The third kappa shape index (κ3) is 3.95. The number of anilines is 1. The summed E-state index contributed by atoms with van der Waals surface area (Å²) < 4.78 is 17.2. The quantitative estimate of drug-likeness (QED) is 0.779. The number of nitrogens with zero attached hydrogens (tertiary/aromatic N) is 2. The van der Waals surface area contributed by atoms with Crippen molar-refractivity contribution in [2.45, 2.75) is 45.4 Å². The summed E-state index contributed by atoms with van der Waals surface area (Å²) in [6, 6.07) is 4.06. The van der Waals surface area contributed by atoms with Crippen LogP contribution < -0.4 is 5.32 Å². The van der Waals surface area contributed by atoms with E-state index >= 15 is 0 Å².